The molecule has 0 aliphatic carbocycles. The van der Waals surface area contributed by atoms with Gasteiger partial charge in [-0.1, -0.05) is 65.7 Å². The summed E-state index contributed by atoms with van der Waals surface area (Å²) in [5.41, 5.74) is 2.89. The lowest BCUT2D eigenvalue weighted by atomic mass is 9.57. The van der Waals surface area contributed by atoms with Crippen LogP contribution in [0.15, 0.2) is 66.7 Å². The number of nitrogens with zero attached hydrogens (tertiary/aromatic N) is 1. The number of carbonyl (C=O) groups excluding carboxylic acids is 3. The molecule has 2 fully saturated rings. The molecular formula is C30H27N3O3. The molecule has 7 rings (SSSR count). The Balaban J connectivity index is 1.59. The van der Waals surface area contributed by atoms with Crippen molar-refractivity contribution in [3.05, 3.63) is 94.5 Å². The highest BCUT2D eigenvalue weighted by molar-refractivity contribution is 6.21. The Bertz CT molecular complexity index is 1480. The summed E-state index contributed by atoms with van der Waals surface area (Å²) in [7, 11) is 0. The molecule has 0 bridgehead atoms. The highest BCUT2D eigenvalue weighted by Gasteiger charge is 2.81. The Morgan fingerprint density at radius 1 is 0.861 bits per heavy atom. The Labute approximate surface area is 209 Å². The smallest absolute Gasteiger partial charge is 0.251 e. The molecule has 0 radical (unpaired) electrons. The number of Topliss-reactive ketones (excluding diaryl/α,β-unsaturated/α-hetero) is 1. The molecule has 4 aliphatic rings. The van der Waals surface area contributed by atoms with E-state index in [1.807, 2.05) is 80.6 Å². The van der Waals surface area contributed by atoms with Crippen LogP contribution in [-0.4, -0.2) is 35.1 Å². The number of hydrogen-bond acceptors (Lipinski definition) is 4. The van der Waals surface area contributed by atoms with Gasteiger partial charge in [-0.25, -0.2) is 0 Å². The van der Waals surface area contributed by atoms with E-state index in [1.54, 1.807) is 0 Å². The molecule has 180 valence electrons. The van der Waals surface area contributed by atoms with Crippen LogP contribution in [0.5, 0.6) is 0 Å². The number of aryl methyl sites for hydroxylation is 2. The van der Waals surface area contributed by atoms with E-state index in [0.717, 1.165) is 40.8 Å². The van der Waals surface area contributed by atoms with Gasteiger partial charge in [-0.3, -0.25) is 19.3 Å². The predicted molar refractivity (Wildman–Crippen MR) is 137 cm³/mol. The zero-order chi connectivity index (χ0) is 24.8. The summed E-state index contributed by atoms with van der Waals surface area (Å²) in [5.74, 6) is -1.28. The molecule has 4 heterocycles. The molecule has 0 saturated carbocycles. The molecule has 3 aromatic carbocycles. The molecular weight excluding hydrogens is 450 g/mol. The Kier molecular flexibility index (Phi) is 4.26. The highest BCUT2D eigenvalue weighted by Crippen LogP contribution is 2.67. The van der Waals surface area contributed by atoms with Gasteiger partial charge in [-0.15, -0.1) is 0 Å². The van der Waals surface area contributed by atoms with E-state index in [0.29, 0.717) is 17.8 Å². The fraction of sp³-hybridized carbons (Fsp3) is 0.300. The number of benzene rings is 3. The lowest BCUT2D eigenvalue weighted by molar-refractivity contribution is -0.137. The normalized spacial score (nSPS) is 29.8. The Morgan fingerprint density at radius 2 is 1.56 bits per heavy atom. The minimum Gasteiger partial charge on any atom is -0.325 e. The molecule has 4 atom stereocenters. The maximum Gasteiger partial charge on any atom is 0.251 e. The second-order valence-corrected chi connectivity index (χ2v) is 10.6. The number of para-hydroxylation sites is 1. The van der Waals surface area contributed by atoms with Crippen LogP contribution in [0.2, 0.25) is 0 Å². The molecule has 2 saturated heterocycles. The number of ketones is 1. The third-order valence-electron chi connectivity index (χ3n) is 8.87. The number of carbonyl (C=O) groups is 3. The van der Waals surface area contributed by atoms with Gasteiger partial charge >= 0.3 is 0 Å². The fourth-order valence-electron chi connectivity index (χ4n) is 7.59. The molecule has 2 spiro atoms. The molecule has 4 aliphatic heterocycles. The average Bonchev–Trinajstić information content (AvgIpc) is 3.58. The van der Waals surface area contributed by atoms with Gasteiger partial charge in [0.05, 0.1) is 5.92 Å². The monoisotopic (exact) mass is 477 g/mol. The van der Waals surface area contributed by atoms with Gasteiger partial charge in [-0.05, 0) is 50.9 Å². The van der Waals surface area contributed by atoms with E-state index in [1.165, 1.54) is 0 Å². The van der Waals surface area contributed by atoms with Gasteiger partial charge < -0.3 is 10.6 Å². The van der Waals surface area contributed by atoms with Crippen molar-refractivity contribution in [3.63, 3.8) is 0 Å². The first kappa shape index (κ1) is 21.5. The third-order valence-corrected chi connectivity index (χ3v) is 8.87. The predicted octanol–water partition coefficient (Wildman–Crippen LogP) is 4.32. The standard InChI is InChI=1S/C30H27N3O3/c1-17-9-12-19(13-10-17)26(34)25-24-8-5-15-33(24)30(21-16-18(2)11-14-23(21)32-28(30)36)29(25)20-6-3-4-7-22(20)31-27(29)35/h3-4,6-7,9-14,16,24-25H,5,8,15H2,1-2H3,(H,31,35)(H,32,36). The van der Waals surface area contributed by atoms with Crippen LogP contribution in [0, 0.1) is 19.8 Å². The Morgan fingerprint density at radius 3 is 2.36 bits per heavy atom. The van der Waals surface area contributed by atoms with Gasteiger partial charge in [0.15, 0.2) is 5.78 Å². The summed E-state index contributed by atoms with van der Waals surface area (Å²) in [6, 6.07) is 20.8. The van der Waals surface area contributed by atoms with E-state index >= 15 is 0 Å². The topological polar surface area (TPSA) is 78.5 Å². The fourth-order valence-corrected chi connectivity index (χ4v) is 7.59. The van der Waals surface area contributed by atoms with E-state index in [2.05, 4.69) is 15.5 Å². The first-order valence-corrected chi connectivity index (χ1v) is 12.6. The number of hydrogen-bond donors (Lipinski definition) is 2. The summed E-state index contributed by atoms with van der Waals surface area (Å²) in [4.78, 5) is 45.4. The second-order valence-electron chi connectivity index (χ2n) is 10.6. The van der Waals surface area contributed by atoms with Crippen molar-refractivity contribution in [2.45, 2.75) is 43.7 Å². The minimum atomic E-state index is -1.39. The number of anilines is 2. The number of nitrogens with one attached hydrogen (secondary N) is 2. The van der Waals surface area contributed by atoms with Crippen molar-refractivity contribution in [1.82, 2.24) is 4.90 Å². The van der Waals surface area contributed by atoms with Crippen LogP contribution in [-0.2, 0) is 20.5 Å². The van der Waals surface area contributed by atoms with Crippen LogP contribution in [0.4, 0.5) is 11.4 Å². The van der Waals surface area contributed by atoms with Crippen LogP contribution in [0.1, 0.15) is 45.5 Å². The maximum absolute atomic E-state index is 14.5. The van der Waals surface area contributed by atoms with Crippen LogP contribution in [0.25, 0.3) is 0 Å². The van der Waals surface area contributed by atoms with Gasteiger partial charge in [0.25, 0.3) is 5.91 Å². The van der Waals surface area contributed by atoms with E-state index in [9.17, 15) is 14.4 Å². The van der Waals surface area contributed by atoms with E-state index < -0.39 is 16.9 Å². The number of amides is 2. The molecule has 2 amide bonds. The molecule has 0 aromatic heterocycles. The number of rotatable bonds is 2. The van der Waals surface area contributed by atoms with Crippen LogP contribution < -0.4 is 10.6 Å². The average molecular weight is 478 g/mol. The second kappa shape index (κ2) is 7.14. The molecule has 4 unspecified atom stereocenters. The highest BCUT2D eigenvalue weighted by atomic mass is 16.2. The van der Waals surface area contributed by atoms with Crippen LogP contribution >= 0.6 is 0 Å². The first-order valence-electron chi connectivity index (χ1n) is 12.6. The zero-order valence-electron chi connectivity index (χ0n) is 20.3. The summed E-state index contributed by atoms with van der Waals surface area (Å²) < 4.78 is 0. The lowest BCUT2D eigenvalue weighted by Crippen LogP contribution is -2.62. The molecule has 36 heavy (non-hydrogen) atoms. The SMILES string of the molecule is Cc1ccc(C(=O)C2C3CCCN3C3(C(=O)Nc4ccc(C)cc43)C23C(=O)Nc2ccccc23)cc1. The molecule has 3 aromatic rings. The summed E-state index contributed by atoms with van der Waals surface area (Å²) in [6.07, 6.45) is 1.63. The quantitative estimate of drug-likeness (QED) is 0.539. The van der Waals surface area contributed by atoms with Gasteiger partial charge in [0, 0.05) is 28.5 Å². The summed E-state index contributed by atoms with van der Waals surface area (Å²) in [5, 5.41) is 6.19. The Hall–Kier alpha value is -3.77. The van der Waals surface area contributed by atoms with Gasteiger partial charge in [-0.2, -0.15) is 0 Å². The van der Waals surface area contributed by atoms with Crippen molar-refractivity contribution in [3.8, 4) is 0 Å². The van der Waals surface area contributed by atoms with Crippen molar-refractivity contribution in [2.75, 3.05) is 17.2 Å². The maximum atomic E-state index is 14.5. The largest absolute Gasteiger partial charge is 0.325 e. The lowest BCUT2D eigenvalue weighted by Gasteiger charge is -2.43. The summed E-state index contributed by atoms with van der Waals surface area (Å²) in [6.45, 7) is 4.64. The minimum absolute atomic E-state index is 0.0791. The van der Waals surface area contributed by atoms with Crippen molar-refractivity contribution >= 4 is 29.0 Å². The first-order chi connectivity index (χ1) is 17.4. The molecule has 2 N–H and O–H groups in total. The van der Waals surface area contributed by atoms with Crippen LogP contribution in [0.3, 0.4) is 0 Å². The zero-order valence-corrected chi connectivity index (χ0v) is 20.3. The van der Waals surface area contributed by atoms with Crippen molar-refractivity contribution in [2.24, 2.45) is 5.92 Å². The van der Waals surface area contributed by atoms with Gasteiger partial charge in [0.2, 0.25) is 5.91 Å². The number of fused-ring (bicyclic) bond motifs is 7. The molecule has 6 nitrogen and oxygen atoms in total. The third kappa shape index (κ3) is 2.33. The van der Waals surface area contributed by atoms with Crippen molar-refractivity contribution in [1.29, 1.82) is 0 Å². The molecule has 6 heteroatoms. The van der Waals surface area contributed by atoms with E-state index in [4.69, 9.17) is 0 Å². The van der Waals surface area contributed by atoms with Crippen molar-refractivity contribution < 1.29 is 14.4 Å². The van der Waals surface area contributed by atoms with Gasteiger partial charge in [0.1, 0.15) is 11.0 Å². The van der Waals surface area contributed by atoms with E-state index in [-0.39, 0.29) is 23.6 Å². The summed E-state index contributed by atoms with van der Waals surface area (Å²) >= 11 is 0.